The Morgan fingerprint density at radius 3 is 2.44 bits per heavy atom. The number of hydrogen-bond acceptors (Lipinski definition) is 2. The van der Waals surface area contributed by atoms with Gasteiger partial charge in [0.1, 0.15) is 0 Å². The zero-order valence-electron chi connectivity index (χ0n) is 16.3. The number of amides is 1. The Bertz CT molecular complexity index is 756. The fraction of sp³-hybridized carbons (Fsp3) is 0.458. The smallest absolute Gasteiger partial charge is 0.254 e. The van der Waals surface area contributed by atoms with Crippen molar-refractivity contribution < 1.29 is 4.79 Å². The summed E-state index contributed by atoms with van der Waals surface area (Å²) in [4.78, 5) is 17.9. The van der Waals surface area contributed by atoms with E-state index in [1.807, 2.05) is 12.1 Å². The van der Waals surface area contributed by atoms with Crippen molar-refractivity contribution in [3.05, 3.63) is 71.3 Å². The molecule has 1 amide bonds. The first-order valence-corrected chi connectivity index (χ1v) is 10.4. The van der Waals surface area contributed by atoms with Gasteiger partial charge in [-0.2, -0.15) is 0 Å². The summed E-state index contributed by atoms with van der Waals surface area (Å²) in [6.45, 7) is 6.18. The predicted molar refractivity (Wildman–Crippen MR) is 110 cm³/mol. The molecule has 5 rings (SSSR count). The number of rotatable bonds is 5. The first-order valence-electron chi connectivity index (χ1n) is 10.4. The molecule has 0 unspecified atom stereocenters. The van der Waals surface area contributed by atoms with Crippen LogP contribution in [0.2, 0.25) is 0 Å². The molecule has 3 saturated heterocycles. The van der Waals surface area contributed by atoms with Crippen LogP contribution in [-0.4, -0.2) is 41.4 Å². The Morgan fingerprint density at radius 2 is 1.70 bits per heavy atom. The maximum atomic E-state index is 13.2. The SMILES string of the molecule is CCCc1ccc(C(=O)N2C[C@H]3CC[C@@H]2CN(Cc2ccccc2)C3)cc1. The molecule has 2 aromatic carbocycles. The Morgan fingerprint density at radius 1 is 0.926 bits per heavy atom. The summed E-state index contributed by atoms with van der Waals surface area (Å²) in [5, 5.41) is 0. The van der Waals surface area contributed by atoms with Crippen LogP contribution in [0.5, 0.6) is 0 Å². The molecule has 0 spiro atoms. The number of fused-ring (bicyclic) bond motifs is 4. The van der Waals surface area contributed by atoms with E-state index in [1.165, 1.54) is 17.5 Å². The van der Waals surface area contributed by atoms with Crippen LogP contribution in [0.4, 0.5) is 0 Å². The third kappa shape index (κ3) is 4.24. The molecule has 0 radical (unpaired) electrons. The van der Waals surface area contributed by atoms with Crippen molar-refractivity contribution in [2.45, 2.75) is 45.2 Å². The molecule has 2 bridgehead atoms. The third-order valence-electron chi connectivity index (χ3n) is 6.04. The number of aryl methyl sites for hydroxylation is 1. The molecule has 27 heavy (non-hydrogen) atoms. The second-order valence-corrected chi connectivity index (χ2v) is 8.18. The third-order valence-corrected chi connectivity index (χ3v) is 6.04. The van der Waals surface area contributed by atoms with Crippen molar-refractivity contribution in [1.29, 1.82) is 0 Å². The van der Waals surface area contributed by atoms with Gasteiger partial charge in [0.25, 0.3) is 5.91 Å². The molecular weight excluding hydrogens is 332 g/mol. The number of carbonyl (C=O) groups is 1. The van der Waals surface area contributed by atoms with E-state index in [4.69, 9.17) is 0 Å². The highest BCUT2D eigenvalue weighted by molar-refractivity contribution is 5.94. The summed E-state index contributed by atoms with van der Waals surface area (Å²) < 4.78 is 0. The van der Waals surface area contributed by atoms with Gasteiger partial charge in [-0.3, -0.25) is 9.69 Å². The topological polar surface area (TPSA) is 23.6 Å². The lowest BCUT2D eigenvalue weighted by molar-refractivity contribution is 0.0585. The van der Waals surface area contributed by atoms with Crippen LogP contribution in [0.1, 0.15) is 47.7 Å². The molecule has 3 nitrogen and oxygen atoms in total. The molecule has 0 N–H and O–H groups in total. The van der Waals surface area contributed by atoms with Crippen molar-refractivity contribution in [3.63, 3.8) is 0 Å². The summed E-state index contributed by atoms with van der Waals surface area (Å²) in [5.41, 5.74) is 3.53. The van der Waals surface area contributed by atoms with E-state index in [0.717, 1.165) is 51.0 Å². The molecule has 3 aliphatic rings. The number of benzene rings is 2. The van der Waals surface area contributed by atoms with Crippen LogP contribution >= 0.6 is 0 Å². The fourth-order valence-electron chi connectivity index (χ4n) is 4.67. The minimum atomic E-state index is 0.217. The van der Waals surface area contributed by atoms with Gasteiger partial charge < -0.3 is 4.90 Å². The molecule has 2 atom stereocenters. The summed E-state index contributed by atoms with van der Waals surface area (Å²) in [6.07, 6.45) is 4.60. The molecule has 0 aliphatic carbocycles. The van der Waals surface area contributed by atoms with E-state index in [-0.39, 0.29) is 5.91 Å². The largest absolute Gasteiger partial charge is 0.334 e. The average molecular weight is 363 g/mol. The van der Waals surface area contributed by atoms with Gasteiger partial charge in [-0.25, -0.2) is 0 Å². The fourth-order valence-corrected chi connectivity index (χ4v) is 4.67. The monoisotopic (exact) mass is 362 g/mol. The number of nitrogens with zero attached hydrogens (tertiary/aromatic N) is 2. The van der Waals surface area contributed by atoms with Crippen LogP contribution in [0.15, 0.2) is 54.6 Å². The minimum absolute atomic E-state index is 0.217. The molecule has 0 aromatic heterocycles. The van der Waals surface area contributed by atoms with Gasteiger partial charge in [0.2, 0.25) is 0 Å². The lowest BCUT2D eigenvalue weighted by Gasteiger charge is -2.36. The summed E-state index contributed by atoms with van der Waals surface area (Å²) in [5.74, 6) is 0.810. The van der Waals surface area contributed by atoms with E-state index < -0.39 is 0 Å². The van der Waals surface area contributed by atoms with Crippen molar-refractivity contribution >= 4 is 5.91 Å². The number of piperidine rings is 1. The summed E-state index contributed by atoms with van der Waals surface area (Å²) >= 11 is 0. The lowest BCUT2D eigenvalue weighted by Crippen LogP contribution is -2.47. The van der Waals surface area contributed by atoms with Gasteiger partial charge in [-0.05, 0) is 48.4 Å². The molecule has 0 saturated carbocycles. The maximum absolute atomic E-state index is 13.2. The van der Waals surface area contributed by atoms with E-state index in [2.05, 4.69) is 59.2 Å². The van der Waals surface area contributed by atoms with Gasteiger partial charge >= 0.3 is 0 Å². The molecule has 2 aromatic rings. The van der Waals surface area contributed by atoms with E-state index in [1.54, 1.807) is 0 Å². The normalized spacial score (nSPS) is 22.6. The number of hydrogen-bond donors (Lipinski definition) is 0. The van der Waals surface area contributed by atoms with Gasteiger partial charge in [-0.1, -0.05) is 55.8 Å². The van der Waals surface area contributed by atoms with Crippen LogP contribution in [0, 0.1) is 5.92 Å². The number of carbonyl (C=O) groups excluding carboxylic acids is 1. The first kappa shape index (κ1) is 18.2. The average Bonchev–Trinajstić information content (AvgIpc) is 3.00. The zero-order chi connectivity index (χ0) is 18.6. The highest BCUT2D eigenvalue weighted by atomic mass is 16.2. The highest BCUT2D eigenvalue weighted by Gasteiger charge is 2.37. The van der Waals surface area contributed by atoms with Crippen molar-refractivity contribution in [2.75, 3.05) is 19.6 Å². The van der Waals surface area contributed by atoms with E-state index in [0.29, 0.717) is 12.0 Å². The van der Waals surface area contributed by atoms with E-state index >= 15 is 0 Å². The maximum Gasteiger partial charge on any atom is 0.254 e. The van der Waals surface area contributed by atoms with Gasteiger partial charge in [0.05, 0.1) is 0 Å². The van der Waals surface area contributed by atoms with Crippen molar-refractivity contribution in [1.82, 2.24) is 9.80 Å². The van der Waals surface area contributed by atoms with Crippen molar-refractivity contribution in [2.24, 2.45) is 5.92 Å². The zero-order valence-corrected chi connectivity index (χ0v) is 16.3. The van der Waals surface area contributed by atoms with Crippen LogP contribution in [0.3, 0.4) is 0 Å². The van der Waals surface area contributed by atoms with Crippen LogP contribution in [-0.2, 0) is 13.0 Å². The van der Waals surface area contributed by atoms with Crippen LogP contribution < -0.4 is 0 Å². The first-order chi connectivity index (χ1) is 13.2. The van der Waals surface area contributed by atoms with Gasteiger partial charge in [0, 0.05) is 37.8 Å². The molecule has 3 aliphatic heterocycles. The van der Waals surface area contributed by atoms with E-state index in [9.17, 15) is 4.79 Å². The van der Waals surface area contributed by atoms with Crippen LogP contribution in [0.25, 0.3) is 0 Å². The standard InChI is InChI=1S/C24H30N2O/c1-2-6-19-9-12-22(13-10-19)24(27)26-17-21-11-14-23(26)18-25(16-21)15-20-7-4-3-5-8-20/h3-5,7-10,12-13,21,23H,2,6,11,14-18H2,1H3/t21-,23+/m0/s1. The molecular formula is C24H30N2O. The Balaban J connectivity index is 1.46. The molecule has 3 heteroatoms. The molecule has 3 fully saturated rings. The highest BCUT2D eigenvalue weighted by Crippen LogP contribution is 2.30. The summed E-state index contributed by atoms with van der Waals surface area (Å²) in [6, 6.07) is 19.3. The minimum Gasteiger partial charge on any atom is -0.334 e. The summed E-state index contributed by atoms with van der Waals surface area (Å²) in [7, 11) is 0. The molecule has 3 heterocycles. The van der Waals surface area contributed by atoms with Crippen molar-refractivity contribution in [3.8, 4) is 0 Å². The van der Waals surface area contributed by atoms with Gasteiger partial charge in [-0.15, -0.1) is 0 Å². The Hall–Kier alpha value is -2.13. The second kappa shape index (κ2) is 8.26. The Labute approximate surface area is 163 Å². The Kier molecular flexibility index (Phi) is 5.58. The lowest BCUT2D eigenvalue weighted by atomic mass is 9.94. The predicted octanol–water partition coefficient (Wildman–Crippen LogP) is 4.38. The second-order valence-electron chi connectivity index (χ2n) is 8.18. The van der Waals surface area contributed by atoms with Gasteiger partial charge in [0.15, 0.2) is 0 Å². The molecule has 142 valence electrons. The quantitative estimate of drug-likeness (QED) is 0.788.